The summed E-state index contributed by atoms with van der Waals surface area (Å²) >= 11 is 0. The van der Waals surface area contributed by atoms with Crippen LogP contribution in [0.2, 0.25) is 0 Å². The van der Waals surface area contributed by atoms with Gasteiger partial charge in [-0.15, -0.1) is 0 Å². The van der Waals surface area contributed by atoms with Gasteiger partial charge in [0.15, 0.2) is 0 Å². The van der Waals surface area contributed by atoms with Gasteiger partial charge in [-0.05, 0) is 43.0 Å². The summed E-state index contributed by atoms with van der Waals surface area (Å²) in [6.07, 6.45) is 2.11. The van der Waals surface area contributed by atoms with Crippen molar-refractivity contribution in [3.05, 3.63) is 35.4 Å². The van der Waals surface area contributed by atoms with Crippen LogP contribution in [0.4, 0.5) is 0 Å². The summed E-state index contributed by atoms with van der Waals surface area (Å²) in [5.41, 5.74) is 2.12. The number of rotatable bonds is 3. The third kappa shape index (κ3) is 4.06. The van der Waals surface area contributed by atoms with Crippen LogP contribution >= 0.6 is 0 Å². The minimum absolute atomic E-state index is 0.166. The Morgan fingerprint density at radius 2 is 1.95 bits per heavy atom. The van der Waals surface area contributed by atoms with Crippen molar-refractivity contribution in [2.45, 2.75) is 26.7 Å². The molecule has 1 aliphatic rings. The van der Waals surface area contributed by atoms with Crippen LogP contribution in [0.25, 0.3) is 0 Å². The number of nitrogens with zero attached hydrogens (tertiary/aromatic N) is 1. The molecule has 1 amide bonds. The molecule has 1 aromatic rings. The van der Waals surface area contributed by atoms with Crippen LogP contribution in [0.3, 0.4) is 0 Å². The maximum absolute atomic E-state index is 12.4. The lowest BCUT2D eigenvalue weighted by atomic mass is 10.0. The Kier molecular flexibility index (Phi) is 4.97. The van der Waals surface area contributed by atoms with Gasteiger partial charge in [-0.2, -0.15) is 0 Å². The Hall–Kier alpha value is -1.35. The van der Waals surface area contributed by atoms with E-state index >= 15 is 0 Å². The molecule has 19 heavy (non-hydrogen) atoms. The molecule has 1 aromatic carbocycles. The summed E-state index contributed by atoms with van der Waals surface area (Å²) in [6.45, 7) is 8.01. The van der Waals surface area contributed by atoms with Gasteiger partial charge in [0, 0.05) is 25.2 Å². The number of carbonyl (C=O) groups is 1. The van der Waals surface area contributed by atoms with Crippen molar-refractivity contribution in [1.82, 2.24) is 10.2 Å². The van der Waals surface area contributed by atoms with Gasteiger partial charge in [-0.1, -0.05) is 26.0 Å². The summed E-state index contributed by atoms with van der Waals surface area (Å²) in [4.78, 5) is 14.3. The summed E-state index contributed by atoms with van der Waals surface area (Å²) in [6, 6.07) is 8.11. The molecular formula is C16H24N2O. The van der Waals surface area contributed by atoms with Gasteiger partial charge in [-0.25, -0.2) is 0 Å². The molecule has 1 heterocycles. The molecule has 0 aromatic heterocycles. The van der Waals surface area contributed by atoms with E-state index in [0.29, 0.717) is 5.92 Å². The maximum Gasteiger partial charge on any atom is 0.253 e. The SMILES string of the molecule is CC(C)Cc1ccc(C(=O)N2CCCNCC2)cc1. The predicted octanol–water partition coefficient (Wildman–Crippen LogP) is 2.32. The molecule has 1 fully saturated rings. The largest absolute Gasteiger partial charge is 0.337 e. The minimum Gasteiger partial charge on any atom is -0.337 e. The number of amides is 1. The fraction of sp³-hybridized carbons (Fsp3) is 0.562. The third-order valence-electron chi connectivity index (χ3n) is 3.47. The van der Waals surface area contributed by atoms with E-state index in [4.69, 9.17) is 0 Å². The summed E-state index contributed by atoms with van der Waals surface area (Å²) in [7, 11) is 0. The van der Waals surface area contributed by atoms with Crippen LogP contribution < -0.4 is 5.32 Å². The van der Waals surface area contributed by atoms with Gasteiger partial charge >= 0.3 is 0 Å². The highest BCUT2D eigenvalue weighted by molar-refractivity contribution is 5.94. The molecule has 3 heteroatoms. The van der Waals surface area contributed by atoms with Gasteiger partial charge < -0.3 is 10.2 Å². The number of benzene rings is 1. The van der Waals surface area contributed by atoms with Gasteiger partial charge in [0.1, 0.15) is 0 Å². The normalized spacial score (nSPS) is 16.5. The van der Waals surface area contributed by atoms with Crippen molar-refractivity contribution in [3.8, 4) is 0 Å². The minimum atomic E-state index is 0.166. The fourth-order valence-corrected chi connectivity index (χ4v) is 2.49. The van der Waals surface area contributed by atoms with Crippen molar-refractivity contribution >= 4 is 5.91 Å². The van der Waals surface area contributed by atoms with Gasteiger partial charge in [0.25, 0.3) is 5.91 Å². The van der Waals surface area contributed by atoms with E-state index in [1.54, 1.807) is 0 Å². The quantitative estimate of drug-likeness (QED) is 0.904. The second-order valence-electron chi connectivity index (χ2n) is 5.69. The number of hydrogen-bond acceptors (Lipinski definition) is 2. The van der Waals surface area contributed by atoms with Gasteiger partial charge in [0.2, 0.25) is 0 Å². The van der Waals surface area contributed by atoms with E-state index in [1.807, 2.05) is 17.0 Å². The fourth-order valence-electron chi connectivity index (χ4n) is 2.49. The van der Waals surface area contributed by atoms with Gasteiger partial charge in [0.05, 0.1) is 0 Å². The standard InChI is InChI=1S/C16H24N2O/c1-13(2)12-14-4-6-15(7-5-14)16(19)18-10-3-8-17-9-11-18/h4-7,13,17H,3,8-12H2,1-2H3. The lowest BCUT2D eigenvalue weighted by Gasteiger charge is -2.20. The third-order valence-corrected chi connectivity index (χ3v) is 3.47. The molecule has 1 aliphatic heterocycles. The number of hydrogen-bond donors (Lipinski definition) is 1. The van der Waals surface area contributed by atoms with Crippen LogP contribution in [0.15, 0.2) is 24.3 Å². The number of carbonyl (C=O) groups excluding carboxylic acids is 1. The Balaban J connectivity index is 2.02. The van der Waals surface area contributed by atoms with Gasteiger partial charge in [-0.3, -0.25) is 4.79 Å². The molecule has 0 bridgehead atoms. The molecule has 1 N–H and O–H groups in total. The Labute approximate surface area is 116 Å². The summed E-state index contributed by atoms with van der Waals surface area (Å²) in [5.74, 6) is 0.818. The van der Waals surface area contributed by atoms with Crippen molar-refractivity contribution in [1.29, 1.82) is 0 Å². The molecule has 0 atom stereocenters. The molecule has 3 nitrogen and oxygen atoms in total. The van der Waals surface area contributed by atoms with Crippen LogP contribution in [-0.2, 0) is 6.42 Å². The molecule has 0 saturated carbocycles. The van der Waals surface area contributed by atoms with Crippen LogP contribution in [0.5, 0.6) is 0 Å². The first-order valence-electron chi connectivity index (χ1n) is 7.26. The first kappa shape index (κ1) is 14.1. The zero-order valence-corrected chi connectivity index (χ0v) is 12.0. The van der Waals surface area contributed by atoms with Crippen molar-refractivity contribution in [2.75, 3.05) is 26.2 Å². The molecule has 0 aliphatic carbocycles. The predicted molar refractivity (Wildman–Crippen MR) is 78.4 cm³/mol. The van der Waals surface area contributed by atoms with E-state index in [0.717, 1.165) is 44.6 Å². The lowest BCUT2D eigenvalue weighted by Crippen LogP contribution is -2.34. The zero-order valence-electron chi connectivity index (χ0n) is 12.0. The molecule has 1 saturated heterocycles. The summed E-state index contributed by atoms with van der Waals surface area (Å²) < 4.78 is 0. The highest BCUT2D eigenvalue weighted by atomic mass is 16.2. The molecule has 0 spiro atoms. The zero-order chi connectivity index (χ0) is 13.7. The molecule has 104 valence electrons. The first-order chi connectivity index (χ1) is 9.16. The first-order valence-corrected chi connectivity index (χ1v) is 7.26. The number of nitrogens with one attached hydrogen (secondary N) is 1. The lowest BCUT2D eigenvalue weighted by molar-refractivity contribution is 0.0766. The van der Waals surface area contributed by atoms with E-state index in [1.165, 1.54) is 5.56 Å². The smallest absolute Gasteiger partial charge is 0.253 e. The Morgan fingerprint density at radius 1 is 1.21 bits per heavy atom. The second-order valence-corrected chi connectivity index (χ2v) is 5.69. The maximum atomic E-state index is 12.4. The molecule has 0 unspecified atom stereocenters. The van der Waals surface area contributed by atoms with E-state index in [-0.39, 0.29) is 5.91 Å². The van der Waals surface area contributed by atoms with Crippen molar-refractivity contribution in [3.63, 3.8) is 0 Å². The summed E-state index contributed by atoms with van der Waals surface area (Å²) in [5, 5.41) is 3.32. The molecule has 0 radical (unpaired) electrons. The highest BCUT2D eigenvalue weighted by Crippen LogP contribution is 2.12. The van der Waals surface area contributed by atoms with Crippen LogP contribution in [0, 0.1) is 5.92 Å². The van der Waals surface area contributed by atoms with E-state index in [9.17, 15) is 4.79 Å². The monoisotopic (exact) mass is 260 g/mol. The van der Waals surface area contributed by atoms with Crippen LogP contribution in [-0.4, -0.2) is 37.0 Å². The average Bonchev–Trinajstić information content (AvgIpc) is 2.67. The molecular weight excluding hydrogens is 236 g/mol. The Morgan fingerprint density at radius 3 is 2.63 bits per heavy atom. The molecule has 2 rings (SSSR count). The second kappa shape index (κ2) is 6.71. The average molecular weight is 260 g/mol. The Bertz CT molecular complexity index is 403. The van der Waals surface area contributed by atoms with E-state index in [2.05, 4.69) is 31.3 Å². The van der Waals surface area contributed by atoms with Crippen LogP contribution in [0.1, 0.15) is 36.2 Å². The van der Waals surface area contributed by atoms with Crippen molar-refractivity contribution < 1.29 is 4.79 Å². The highest BCUT2D eigenvalue weighted by Gasteiger charge is 2.16. The van der Waals surface area contributed by atoms with E-state index < -0.39 is 0 Å². The topological polar surface area (TPSA) is 32.3 Å². The van der Waals surface area contributed by atoms with Crippen molar-refractivity contribution in [2.24, 2.45) is 5.92 Å².